The van der Waals surface area contributed by atoms with Crippen molar-refractivity contribution < 1.29 is 9.53 Å². The Balaban J connectivity index is 1.88. The lowest BCUT2D eigenvalue weighted by molar-refractivity contribution is 0.255. The molecule has 0 aliphatic carbocycles. The lowest BCUT2D eigenvalue weighted by Gasteiger charge is -2.02. The number of carbonyl (C=O) groups is 1. The molecule has 6 nitrogen and oxygen atoms in total. The predicted molar refractivity (Wildman–Crippen MR) is 76.2 cm³/mol. The van der Waals surface area contributed by atoms with Gasteiger partial charge in [0.1, 0.15) is 5.75 Å². The van der Waals surface area contributed by atoms with Crippen molar-refractivity contribution in [2.45, 2.75) is 0 Å². The lowest BCUT2D eigenvalue weighted by atomic mass is 10.2. The summed E-state index contributed by atoms with van der Waals surface area (Å²) in [6.45, 7) is 0. The molecule has 0 spiro atoms. The van der Waals surface area contributed by atoms with E-state index in [2.05, 4.69) is 20.6 Å². The second-order valence-corrected chi connectivity index (χ2v) is 3.78. The number of nitrogens with zero attached hydrogens (tertiary/aromatic N) is 2. The maximum Gasteiger partial charge on any atom is 0.325 e. The van der Waals surface area contributed by atoms with E-state index in [4.69, 9.17) is 4.74 Å². The highest BCUT2D eigenvalue weighted by Gasteiger charge is 1.99. The largest absolute Gasteiger partial charge is 0.497 e. The highest BCUT2D eigenvalue weighted by Crippen LogP contribution is 2.13. The third-order valence-corrected chi connectivity index (χ3v) is 2.38. The van der Waals surface area contributed by atoms with E-state index in [1.165, 1.54) is 6.20 Å². The molecule has 20 heavy (non-hydrogen) atoms. The monoisotopic (exact) mass is 270 g/mol. The number of nitrogens with one attached hydrogen (secondary N) is 2. The molecule has 102 valence electrons. The molecule has 1 aromatic heterocycles. The second kappa shape index (κ2) is 6.89. The van der Waals surface area contributed by atoms with E-state index in [-0.39, 0.29) is 5.95 Å². The molecule has 0 fully saturated rings. The number of benzene rings is 1. The van der Waals surface area contributed by atoms with E-state index in [1.54, 1.807) is 31.6 Å². The van der Waals surface area contributed by atoms with Crippen LogP contribution >= 0.6 is 0 Å². The summed E-state index contributed by atoms with van der Waals surface area (Å²) in [5, 5.41) is 5.07. The van der Waals surface area contributed by atoms with Crippen molar-refractivity contribution in [1.29, 1.82) is 0 Å². The first-order chi connectivity index (χ1) is 9.78. The topological polar surface area (TPSA) is 76.1 Å². The maximum absolute atomic E-state index is 11.5. The first kappa shape index (κ1) is 13.5. The van der Waals surface area contributed by atoms with Gasteiger partial charge in [0.15, 0.2) is 0 Å². The van der Waals surface area contributed by atoms with Crippen LogP contribution in [0.1, 0.15) is 5.56 Å². The van der Waals surface area contributed by atoms with Gasteiger partial charge in [0.05, 0.1) is 7.11 Å². The minimum absolute atomic E-state index is 0.250. The molecule has 2 rings (SSSR count). The van der Waals surface area contributed by atoms with Gasteiger partial charge in [-0.2, -0.15) is 0 Å². The summed E-state index contributed by atoms with van der Waals surface area (Å²) in [4.78, 5) is 19.3. The third kappa shape index (κ3) is 4.09. The van der Waals surface area contributed by atoms with E-state index in [9.17, 15) is 4.79 Å². The van der Waals surface area contributed by atoms with Crippen LogP contribution in [0.15, 0.2) is 48.9 Å². The fourth-order valence-electron chi connectivity index (χ4n) is 1.46. The molecule has 0 unspecified atom stereocenters. The molecule has 2 N–H and O–H groups in total. The number of methoxy groups -OCH3 is 1. The van der Waals surface area contributed by atoms with Crippen molar-refractivity contribution in [3.63, 3.8) is 0 Å². The van der Waals surface area contributed by atoms with Crippen molar-refractivity contribution in [2.24, 2.45) is 0 Å². The van der Waals surface area contributed by atoms with Crippen molar-refractivity contribution in [3.8, 4) is 5.75 Å². The van der Waals surface area contributed by atoms with E-state index in [0.29, 0.717) is 0 Å². The first-order valence-electron chi connectivity index (χ1n) is 5.93. The molecule has 0 aliphatic heterocycles. The van der Waals surface area contributed by atoms with Gasteiger partial charge in [0.2, 0.25) is 5.95 Å². The first-order valence-corrected chi connectivity index (χ1v) is 5.93. The van der Waals surface area contributed by atoms with Crippen molar-refractivity contribution in [2.75, 3.05) is 12.4 Å². The van der Waals surface area contributed by atoms with E-state index >= 15 is 0 Å². The molecule has 0 radical (unpaired) electrons. The van der Waals surface area contributed by atoms with Gasteiger partial charge in [-0.25, -0.2) is 14.8 Å². The van der Waals surface area contributed by atoms with Gasteiger partial charge in [0, 0.05) is 18.6 Å². The van der Waals surface area contributed by atoms with Crippen LogP contribution in [0.4, 0.5) is 10.7 Å². The quantitative estimate of drug-likeness (QED) is 0.893. The molecule has 0 saturated heterocycles. The van der Waals surface area contributed by atoms with Crippen molar-refractivity contribution in [1.82, 2.24) is 15.3 Å². The lowest BCUT2D eigenvalue weighted by Crippen LogP contribution is -2.24. The molecule has 0 bridgehead atoms. The summed E-state index contributed by atoms with van der Waals surface area (Å²) < 4.78 is 5.11. The molecular weight excluding hydrogens is 256 g/mol. The van der Waals surface area contributed by atoms with Gasteiger partial charge in [-0.15, -0.1) is 0 Å². The van der Waals surface area contributed by atoms with E-state index in [1.807, 2.05) is 24.3 Å². The van der Waals surface area contributed by atoms with Gasteiger partial charge in [-0.3, -0.25) is 5.32 Å². The number of aromatic nitrogens is 2. The summed E-state index contributed by atoms with van der Waals surface area (Å²) in [5.41, 5.74) is 0.917. The number of anilines is 1. The van der Waals surface area contributed by atoms with Crippen molar-refractivity contribution in [3.05, 3.63) is 54.5 Å². The number of rotatable bonds is 4. The molecule has 0 atom stereocenters. The van der Waals surface area contributed by atoms with Crippen LogP contribution in [0.5, 0.6) is 5.75 Å². The number of ether oxygens (including phenoxy) is 1. The van der Waals surface area contributed by atoms with E-state index < -0.39 is 6.03 Å². The minimum atomic E-state index is -0.407. The van der Waals surface area contributed by atoms with Gasteiger partial charge in [-0.1, -0.05) is 12.1 Å². The smallest absolute Gasteiger partial charge is 0.325 e. The van der Waals surface area contributed by atoms with Crippen LogP contribution < -0.4 is 15.4 Å². The Morgan fingerprint density at radius 2 is 2.05 bits per heavy atom. The average molecular weight is 270 g/mol. The number of hydrogen-bond donors (Lipinski definition) is 2. The Morgan fingerprint density at radius 3 is 2.80 bits per heavy atom. The zero-order valence-corrected chi connectivity index (χ0v) is 10.9. The molecule has 6 heteroatoms. The minimum Gasteiger partial charge on any atom is -0.497 e. The Bertz CT molecular complexity index is 599. The highest BCUT2D eigenvalue weighted by molar-refractivity contribution is 5.88. The number of carbonyl (C=O) groups excluding carboxylic acids is 1. The summed E-state index contributed by atoms with van der Waals surface area (Å²) in [6, 6.07) is 8.75. The SMILES string of the molecule is COc1cccc(/C=C/NC(=O)Nc2ncccn2)c1. The van der Waals surface area contributed by atoms with Gasteiger partial charge >= 0.3 is 6.03 Å². The van der Waals surface area contributed by atoms with Gasteiger partial charge in [0.25, 0.3) is 0 Å². The fourth-order valence-corrected chi connectivity index (χ4v) is 1.46. The van der Waals surface area contributed by atoms with E-state index in [0.717, 1.165) is 11.3 Å². The van der Waals surface area contributed by atoms with Crippen LogP contribution in [0, 0.1) is 0 Å². The number of hydrogen-bond acceptors (Lipinski definition) is 4. The molecule has 2 aromatic rings. The Morgan fingerprint density at radius 1 is 1.25 bits per heavy atom. The summed E-state index contributed by atoms with van der Waals surface area (Å²) in [6.07, 6.45) is 6.39. The van der Waals surface area contributed by atoms with Gasteiger partial charge < -0.3 is 10.1 Å². The number of amides is 2. The number of urea groups is 1. The van der Waals surface area contributed by atoms with Crippen LogP contribution in [0.25, 0.3) is 6.08 Å². The second-order valence-electron chi connectivity index (χ2n) is 3.78. The summed E-state index contributed by atoms with van der Waals surface area (Å²) in [7, 11) is 1.61. The molecule has 1 heterocycles. The average Bonchev–Trinajstić information content (AvgIpc) is 2.48. The van der Waals surface area contributed by atoms with Crippen LogP contribution in [0.3, 0.4) is 0 Å². The van der Waals surface area contributed by atoms with Crippen LogP contribution in [-0.2, 0) is 0 Å². The molecule has 2 amide bonds. The predicted octanol–water partition coefficient (Wildman–Crippen LogP) is 2.28. The molecule has 0 saturated carbocycles. The standard InChI is InChI=1S/C14H14N4O2/c1-20-12-5-2-4-11(10-12)6-9-17-14(19)18-13-15-7-3-8-16-13/h2-10H,1H3,(H2,15,16,17,18,19)/b9-6+. The maximum atomic E-state index is 11.5. The zero-order valence-electron chi connectivity index (χ0n) is 10.9. The van der Waals surface area contributed by atoms with Crippen molar-refractivity contribution >= 4 is 18.1 Å². The Kier molecular flexibility index (Phi) is 4.66. The normalized spacial score (nSPS) is 10.2. The molecule has 1 aromatic carbocycles. The van der Waals surface area contributed by atoms with Gasteiger partial charge in [-0.05, 0) is 29.8 Å². The van der Waals surface area contributed by atoms with Crippen LogP contribution in [-0.4, -0.2) is 23.1 Å². The third-order valence-electron chi connectivity index (χ3n) is 2.38. The zero-order chi connectivity index (χ0) is 14.2. The summed E-state index contributed by atoms with van der Waals surface area (Å²) >= 11 is 0. The van der Waals surface area contributed by atoms with Crippen LogP contribution in [0.2, 0.25) is 0 Å². The fraction of sp³-hybridized carbons (Fsp3) is 0.0714. The Labute approximate surface area is 116 Å². The Hall–Kier alpha value is -2.89. The summed E-state index contributed by atoms with van der Waals surface area (Å²) in [5.74, 6) is 1.01. The highest BCUT2D eigenvalue weighted by atomic mass is 16.5. The molecular formula is C14H14N4O2. The molecule has 0 aliphatic rings.